The molecule has 0 radical (unpaired) electrons. The average Bonchev–Trinajstić information content (AvgIpc) is 3.27. The summed E-state index contributed by atoms with van der Waals surface area (Å²) in [5, 5.41) is 0.933. The van der Waals surface area contributed by atoms with E-state index in [-0.39, 0.29) is 24.0 Å². The van der Waals surface area contributed by atoms with Crippen LogP contribution in [0.15, 0.2) is 64.2 Å². The maximum atomic E-state index is 13.8. The first-order valence-electron chi connectivity index (χ1n) is 11.0. The monoisotopic (exact) mass is 478 g/mol. The summed E-state index contributed by atoms with van der Waals surface area (Å²) in [5.41, 5.74) is 5.71. The minimum Gasteiger partial charge on any atom is -0.496 e. The molecule has 0 atom stereocenters. The molecule has 0 bridgehead atoms. The van der Waals surface area contributed by atoms with Crippen molar-refractivity contribution in [2.45, 2.75) is 32.9 Å². The largest absolute Gasteiger partial charge is 0.496 e. The number of carbonyl (C=O) groups is 1. The number of nitrogens with one attached hydrogen (secondary N) is 1. The van der Waals surface area contributed by atoms with Gasteiger partial charge >= 0.3 is 5.69 Å². The standard InChI is InChI=1S/C25H26N4O4S/c1-3-4-13-28-22(26)21(23(30)27-25(28)32)29(15-17-10-5-7-11-18(17)33-2)24(31)20-14-16-9-6-8-12-19(16)34-20/h5-12,14H,3-4,13,15,26H2,1-2H3,(H,27,30,32). The molecule has 0 saturated heterocycles. The number of benzene rings is 2. The van der Waals surface area contributed by atoms with Gasteiger partial charge in [0.25, 0.3) is 11.5 Å². The number of hydrogen-bond donors (Lipinski definition) is 2. The minimum absolute atomic E-state index is 0.0356. The molecular formula is C25H26N4O4S. The molecule has 3 N–H and O–H groups in total. The summed E-state index contributed by atoms with van der Waals surface area (Å²) in [6.45, 7) is 2.37. The normalized spacial score (nSPS) is 11.0. The second-order valence-electron chi connectivity index (χ2n) is 7.85. The highest BCUT2D eigenvalue weighted by Gasteiger charge is 2.27. The third-order valence-electron chi connectivity index (χ3n) is 5.62. The number of ether oxygens (including phenoxy) is 1. The first-order valence-corrected chi connectivity index (χ1v) is 11.8. The number of para-hydroxylation sites is 1. The first-order chi connectivity index (χ1) is 16.4. The Morgan fingerprint density at radius 2 is 1.88 bits per heavy atom. The van der Waals surface area contributed by atoms with E-state index in [0.29, 0.717) is 29.2 Å². The maximum Gasteiger partial charge on any atom is 0.330 e. The number of unbranched alkanes of at least 4 members (excludes halogenated alkanes) is 1. The van der Waals surface area contributed by atoms with E-state index in [0.717, 1.165) is 16.5 Å². The van der Waals surface area contributed by atoms with Crippen LogP contribution in [0.1, 0.15) is 35.0 Å². The van der Waals surface area contributed by atoms with Crippen molar-refractivity contribution in [1.29, 1.82) is 0 Å². The number of rotatable bonds is 8. The molecule has 1 amide bonds. The highest BCUT2D eigenvalue weighted by Crippen LogP contribution is 2.30. The van der Waals surface area contributed by atoms with Gasteiger partial charge in [-0.15, -0.1) is 11.3 Å². The Morgan fingerprint density at radius 3 is 2.62 bits per heavy atom. The molecule has 4 rings (SSSR count). The van der Waals surface area contributed by atoms with Crippen LogP contribution in [0, 0.1) is 0 Å². The van der Waals surface area contributed by atoms with Crippen molar-refractivity contribution < 1.29 is 9.53 Å². The quantitative estimate of drug-likeness (QED) is 0.398. The first kappa shape index (κ1) is 23.3. The summed E-state index contributed by atoms with van der Waals surface area (Å²) in [7, 11) is 1.54. The number of anilines is 2. The maximum absolute atomic E-state index is 13.8. The molecule has 2 aromatic carbocycles. The number of aromatic nitrogens is 2. The van der Waals surface area contributed by atoms with E-state index < -0.39 is 11.2 Å². The van der Waals surface area contributed by atoms with Crippen molar-refractivity contribution in [3.63, 3.8) is 0 Å². The lowest BCUT2D eigenvalue weighted by atomic mass is 10.1. The number of carbonyl (C=O) groups excluding carboxylic acids is 1. The Kier molecular flexibility index (Phi) is 6.83. The van der Waals surface area contributed by atoms with Crippen molar-refractivity contribution in [2.24, 2.45) is 0 Å². The van der Waals surface area contributed by atoms with Gasteiger partial charge in [-0.1, -0.05) is 49.7 Å². The Bertz CT molecular complexity index is 1420. The predicted molar refractivity (Wildman–Crippen MR) is 136 cm³/mol. The van der Waals surface area contributed by atoms with Crippen LogP contribution in [0.5, 0.6) is 5.75 Å². The van der Waals surface area contributed by atoms with E-state index in [4.69, 9.17) is 10.5 Å². The Balaban J connectivity index is 1.88. The number of hydrogen-bond acceptors (Lipinski definition) is 6. The zero-order valence-electron chi connectivity index (χ0n) is 19.0. The lowest BCUT2D eigenvalue weighted by Crippen LogP contribution is -2.40. The van der Waals surface area contributed by atoms with Gasteiger partial charge in [-0.2, -0.15) is 0 Å². The van der Waals surface area contributed by atoms with Gasteiger partial charge < -0.3 is 10.5 Å². The Hall–Kier alpha value is -3.85. The summed E-state index contributed by atoms with van der Waals surface area (Å²) in [6, 6.07) is 16.7. The van der Waals surface area contributed by atoms with Crippen molar-refractivity contribution in [3.8, 4) is 5.75 Å². The van der Waals surface area contributed by atoms with Gasteiger partial charge in [0.15, 0.2) is 5.69 Å². The lowest BCUT2D eigenvalue weighted by Gasteiger charge is -2.25. The number of H-pyrrole nitrogens is 1. The summed E-state index contributed by atoms with van der Waals surface area (Å²) < 4.78 is 7.73. The smallest absolute Gasteiger partial charge is 0.330 e. The summed E-state index contributed by atoms with van der Waals surface area (Å²) in [4.78, 5) is 43.4. The molecule has 0 aliphatic heterocycles. The molecule has 176 valence electrons. The number of methoxy groups -OCH3 is 1. The zero-order valence-corrected chi connectivity index (χ0v) is 19.9. The van der Waals surface area contributed by atoms with Gasteiger partial charge in [0.2, 0.25) is 0 Å². The fourth-order valence-corrected chi connectivity index (χ4v) is 4.86. The number of thiophene rings is 1. The molecule has 0 spiro atoms. The zero-order chi connectivity index (χ0) is 24.2. The van der Waals surface area contributed by atoms with Crippen molar-refractivity contribution in [2.75, 3.05) is 17.7 Å². The van der Waals surface area contributed by atoms with Crippen LogP contribution in [0.2, 0.25) is 0 Å². The third-order valence-corrected chi connectivity index (χ3v) is 6.73. The van der Waals surface area contributed by atoms with Crippen molar-refractivity contribution >= 4 is 38.8 Å². The van der Waals surface area contributed by atoms with E-state index in [2.05, 4.69) is 4.98 Å². The number of aromatic amines is 1. The molecule has 0 fully saturated rings. The third kappa shape index (κ3) is 4.47. The van der Waals surface area contributed by atoms with E-state index in [1.807, 2.05) is 49.4 Å². The van der Waals surface area contributed by atoms with Crippen LogP contribution >= 0.6 is 11.3 Å². The molecule has 2 aromatic heterocycles. The fourth-order valence-electron chi connectivity index (χ4n) is 3.85. The minimum atomic E-state index is -0.709. The van der Waals surface area contributed by atoms with E-state index in [9.17, 15) is 14.4 Å². The summed E-state index contributed by atoms with van der Waals surface area (Å²) >= 11 is 1.34. The van der Waals surface area contributed by atoms with Crippen molar-refractivity contribution in [1.82, 2.24) is 9.55 Å². The number of nitrogens with zero attached hydrogens (tertiary/aromatic N) is 2. The number of nitrogens with two attached hydrogens (primary N) is 1. The number of fused-ring (bicyclic) bond motifs is 1. The molecule has 0 unspecified atom stereocenters. The van der Waals surface area contributed by atoms with Crippen LogP contribution in [-0.2, 0) is 13.1 Å². The van der Waals surface area contributed by atoms with Crippen LogP contribution in [0.3, 0.4) is 0 Å². The van der Waals surface area contributed by atoms with Crippen LogP contribution in [0.4, 0.5) is 11.5 Å². The molecule has 34 heavy (non-hydrogen) atoms. The number of amides is 1. The Morgan fingerprint density at radius 1 is 1.15 bits per heavy atom. The molecule has 0 saturated carbocycles. The highest BCUT2D eigenvalue weighted by atomic mass is 32.1. The Labute approximate surface area is 200 Å². The predicted octanol–water partition coefficient (Wildman–Crippen LogP) is 3.99. The van der Waals surface area contributed by atoms with Crippen LogP contribution in [0.25, 0.3) is 10.1 Å². The van der Waals surface area contributed by atoms with E-state index in [1.165, 1.54) is 20.8 Å². The van der Waals surface area contributed by atoms with Gasteiger partial charge in [-0.25, -0.2) is 4.79 Å². The average molecular weight is 479 g/mol. The van der Waals surface area contributed by atoms with E-state index in [1.54, 1.807) is 19.2 Å². The summed E-state index contributed by atoms with van der Waals surface area (Å²) in [5.74, 6) is 0.155. The van der Waals surface area contributed by atoms with Gasteiger partial charge in [-0.05, 0) is 30.0 Å². The molecule has 9 heteroatoms. The van der Waals surface area contributed by atoms with E-state index >= 15 is 0 Å². The second-order valence-corrected chi connectivity index (χ2v) is 8.93. The summed E-state index contributed by atoms with van der Waals surface area (Å²) in [6.07, 6.45) is 1.54. The molecule has 8 nitrogen and oxygen atoms in total. The second kappa shape index (κ2) is 9.96. The topological polar surface area (TPSA) is 110 Å². The number of nitrogen functional groups attached to an aromatic ring is 1. The van der Waals surface area contributed by atoms with Crippen LogP contribution in [-0.4, -0.2) is 22.6 Å². The lowest BCUT2D eigenvalue weighted by molar-refractivity contribution is 0.0988. The van der Waals surface area contributed by atoms with Gasteiger partial charge in [0.05, 0.1) is 18.5 Å². The molecule has 2 heterocycles. The fraction of sp³-hybridized carbons (Fsp3) is 0.240. The molecule has 0 aliphatic rings. The van der Waals surface area contributed by atoms with Gasteiger partial charge in [-0.3, -0.25) is 24.0 Å². The molecular weight excluding hydrogens is 452 g/mol. The highest BCUT2D eigenvalue weighted by molar-refractivity contribution is 7.20. The van der Waals surface area contributed by atoms with Crippen LogP contribution < -0.4 is 26.6 Å². The molecule has 0 aliphatic carbocycles. The van der Waals surface area contributed by atoms with Gasteiger partial charge in [0.1, 0.15) is 11.6 Å². The molecule has 4 aromatic rings. The SMILES string of the molecule is CCCCn1c(N)c(N(Cc2ccccc2OC)C(=O)c2cc3ccccc3s2)c(=O)[nH]c1=O. The van der Waals surface area contributed by atoms with Crippen molar-refractivity contribution in [3.05, 3.63) is 85.9 Å². The van der Waals surface area contributed by atoms with Gasteiger partial charge in [0, 0.05) is 16.8 Å².